The number of furan rings is 1. The summed E-state index contributed by atoms with van der Waals surface area (Å²) in [5, 5.41) is 12.3. The second kappa shape index (κ2) is 6.20. The van der Waals surface area contributed by atoms with Crippen molar-refractivity contribution in [1.29, 1.82) is 0 Å². The Morgan fingerprint density at radius 2 is 2.33 bits per heavy atom. The van der Waals surface area contributed by atoms with Crippen LogP contribution in [0, 0.1) is 5.41 Å². The molecule has 0 radical (unpaired) electrons. The Morgan fingerprint density at radius 1 is 1.57 bits per heavy atom. The summed E-state index contributed by atoms with van der Waals surface area (Å²) in [5.41, 5.74) is -0.875. The molecule has 1 aromatic heterocycles. The lowest BCUT2D eigenvalue weighted by molar-refractivity contribution is -0.148. The van der Waals surface area contributed by atoms with Gasteiger partial charge in [-0.2, -0.15) is 0 Å². The largest absolute Gasteiger partial charge is 0.481 e. The van der Waals surface area contributed by atoms with E-state index in [0.29, 0.717) is 31.7 Å². The van der Waals surface area contributed by atoms with Crippen LogP contribution < -0.4 is 5.32 Å². The maximum atomic E-state index is 12.3. The molecule has 21 heavy (non-hydrogen) atoms. The average Bonchev–Trinajstić information content (AvgIpc) is 3.07. The topological polar surface area (TPSA) is 82.8 Å². The summed E-state index contributed by atoms with van der Waals surface area (Å²) >= 11 is 0. The predicted octanol–water partition coefficient (Wildman–Crippen LogP) is 2.45. The number of aliphatic carboxylic acids is 1. The first-order chi connectivity index (χ1) is 9.97. The molecule has 2 atom stereocenters. The quantitative estimate of drug-likeness (QED) is 0.874. The summed E-state index contributed by atoms with van der Waals surface area (Å²) in [4.78, 5) is 25.4. The van der Waals surface area contributed by atoms with Crippen molar-refractivity contribution in [3.05, 3.63) is 24.2 Å². The minimum Gasteiger partial charge on any atom is -0.481 e. The molecule has 0 spiro atoms. The summed E-state index contributed by atoms with van der Waals surface area (Å²) in [5.74, 6) is -0.140. The van der Waals surface area contributed by atoms with Crippen LogP contribution in [0.1, 0.15) is 38.9 Å². The summed E-state index contributed by atoms with van der Waals surface area (Å²) in [6.45, 7) is 4.50. The molecule has 1 aliphatic rings. The molecule has 1 fully saturated rings. The first-order valence-electron chi connectivity index (χ1n) is 7.28. The standard InChI is InChI=1S/C15H22N2O4/c1-3-17(10-11-6-5-9-21-11)14(20)16-12-7-4-8-15(12,2)13(18)19/h5-6,9,12H,3-4,7-8,10H2,1-2H3,(H,16,20)(H,18,19). The number of rotatable bonds is 5. The number of hydrogen-bond donors (Lipinski definition) is 2. The molecule has 2 rings (SSSR count). The molecule has 2 N–H and O–H groups in total. The molecule has 6 nitrogen and oxygen atoms in total. The zero-order valence-corrected chi connectivity index (χ0v) is 12.5. The van der Waals surface area contributed by atoms with Gasteiger partial charge in [0.15, 0.2) is 0 Å². The van der Waals surface area contributed by atoms with Crippen molar-refractivity contribution in [3.63, 3.8) is 0 Å². The van der Waals surface area contributed by atoms with Gasteiger partial charge in [-0.05, 0) is 38.8 Å². The van der Waals surface area contributed by atoms with Crippen LogP contribution in [0.4, 0.5) is 4.79 Å². The van der Waals surface area contributed by atoms with Gasteiger partial charge < -0.3 is 19.7 Å². The fraction of sp³-hybridized carbons (Fsp3) is 0.600. The van der Waals surface area contributed by atoms with E-state index in [0.717, 1.165) is 6.42 Å². The van der Waals surface area contributed by atoms with E-state index in [9.17, 15) is 14.7 Å². The molecule has 2 unspecified atom stereocenters. The lowest BCUT2D eigenvalue weighted by Gasteiger charge is -2.30. The SMILES string of the molecule is CCN(Cc1ccco1)C(=O)NC1CCCC1(C)C(=O)O. The number of carbonyl (C=O) groups excluding carboxylic acids is 1. The summed E-state index contributed by atoms with van der Waals surface area (Å²) in [6.07, 6.45) is 3.68. The van der Waals surface area contributed by atoms with E-state index < -0.39 is 11.4 Å². The van der Waals surface area contributed by atoms with Gasteiger partial charge in [0.1, 0.15) is 5.76 Å². The molecule has 6 heteroatoms. The maximum absolute atomic E-state index is 12.3. The first kappa shape index (κ1) is 15.4. The maximum Gasteiger partial charge on any atom is 0.318 e. The Balaban J connectivity index is 2.00. The molecule has 0 aromatic carbocycles. The van der Waals surface area contributed by atoms with Crippen molar-refractivity contribution < 1.29 is 19.1 Å². The second-order valence-corrected chi connectivity index (χ2v) is 5.71. The number of carboxylic acids is 1. The molecule has 1 aromatic rings. The van der Waals surface area contributed by atoms with E-state index in [2.05, 4.69) is 5.32 Å². The Hall–Kier alpha value is -1.98. The average molecular weight is 294 g/mol. The highest BCUT2D eigenvalue weighted by molar-refractivity contribution is 5.79. The lowest BCUT2D eigenvalue weighted by atomic mass is 9.85. The zero-order valence-electron chi connectivity index (χ0n) is 12.5. The number of amides is 2. The molecule has 1 heterocycles. The van der Waals surface area contributed by atoms with E-state index in [-0.39, 0.29) is 12.1 Å². The lowest BCUT2D eigenvalue weighted by Crippen LogP contribution is -2.51. The monoisotopic (exact) mass is 294 g/mol. The Kier molecular flexibility index (Phi) is 4.55. The van der Waals surface area contributed by atoms with Crippen LogP contribution in [0.15, 0.2) is 22.8 Å². The van der Waals surface area contributed by atoms with Gasteiger partial charge in [0.25, 0.3) is 0 Å². The van der Waals surface area contributed by atoms with Gasteiger partial charge in [-0.15, -0.1) is 0 Å². The first-order valence-corrected chi connectivity index (χ1v) is 7.28. The number of carbonyl (C=O) groups is 2. The van der Waals surface area contributed by atoms with Gasteiger partial charge in [-0.1, -0.05) is 6.42 Å². The van der Waals surface area contributed by atoms with E-state index in [1.54, 1.807) is 24.2 Å². The molecule has 2 amide bonds. The van der Waals surface area contributed by atoms with Crippen LogP contribution in [0.2, 0.25) is 0 Å². The Bertz CT molecular complexity index is 500. The van der Waals surface area contributed by atoms with Crippen LogP contribution in [0.25, 0.3) is 0 Å². The third-order valence-corrected chi connectivity index (χ3v) is 4.34. The van der Waals surface area contributed by atoms with Crippen molar-refractivity contribution in [3.8, 4) is 0 Å². The number of urea groups is 1. The third kappa shape index (κ3) is 3.20. The van der Waals surface area contributed by atoms with Crippen LogP contribution in [0.3, 0.4) is 0 Å². The highest BCUT2D eigenvalue weighted by Gasteiger charge is 2.46. The summed E-state index contributed by atoms with van der Waals surface area (Å²) in [6, 6.07) is 3.02. The van der Waals surface area contributed by atoms with Crippen molar-refractivity contribution in [2.45, 2.75) is 45.7 Å². The molecule has 116 valence electrons. The van der Waals surface area contributed by atoms with Gasteiger partial charge in [-0.3, -0.25) is 4.79 Å². The molecule has 1 aliphatic carbocycles. The molecule has 0 bridgehead atoms. The highest BCUT2D eigenvalue weighted by atomic mass is 16.4. The van der Waals surface area contributed by atoms with Crippen LogP contribution in [-0.2, 0) is 11.3 Å². The van der Waals surface area contributed by atoms with Crippen molar-refractivity contribution in [2.75, 3.05) is 6.54 Å². The molecular formula is C15H22N2O4. The predicted molar refractivity (Wildman–Crippen MR) is 76.7 cm³/mol. The van der Waals surface area contributed by atoms with Gasteiger partial charge in [0, 0.05) is 12.6 Å². The smallest absolute Gasteiger partial charge is 0.318 e. The molecule has 1 saturated carbocycles. The fourth-order valence-electron chi connectivity index (χ4n) is 2.81. The molecular weight excluding hydrogens is 272 g/mol. The van der Waals surface area contributed by atoms with Crippen molar-refractivity contribution in [2.24, 2.45) is 5.41 Å². The Morgan fingerprint density at radius 3 is 2.90 bits per heavy atom. The minimum absolute atomic E-state index is 0.242. The summed E-state index contributed by atoms with van der Waals surface area (Å²) < 4.78 is 5.25. The van der Waals surface area contributed by atoms with Crippen LogP contribution >= 0.6 is 0 Å². The van der Waals surface area contributed by atoms with Crippen LogP contribution in [-0.4, -0.2) is 34.6 Å². The zero-order chi connectivity index (χ0) is 15.5. The number of hydrogen-bond acceptors (Lipinski definition) is 3. The van der Waals surface area contributed by atoms with Gasteiger partial charge in [0.05, 0.1) is 18.2 Å². The van der Waals surface area contributed by atoms with E-state index in [1.165, 1.54) is 0 Å². The molecule has 0 aliphatic heterocycles. The van der Waals surface area contributed by atoms with Gasteiger partial charge >= 0.3 is 12.0 Å². The second-order valence-electron chi connectivity index (χ2n) is 5.71. The minimum atomic E-state index is -0.875. The summed E-state index contributed by atoms with van der Waals surface area (Å²) in [7, 11) is 0. The number of nitrogens with one attached hydrogen (secondary N) is 1. The van der Waals surface area contributed by atoms with Gasteiger partial charge in [0.2, 0.25) is 0 Å². The van der Waals surface area contributed by atoms with E-state index in [1.807, 2.05) is 13.0 Å². The fourth-order valence-corrected chi connectivity index (χ4v) is 2.81. The van der Waals surface area contributed by atoms with Gasteiger partial charge in [-0.25, -0.2) is 4.79 Å². The number of nitrogens with zero attached hydrogens (tertiary/aromatic N) is 1. The van der Waals surface area contributed by atoms with Crippen molar-refractivity contribution >= 4 is 12.0 Å². The van der Waals surface area contributed by atoms with Crippen LogP contribution in [0.5, 0.6) is 0 Å². The Labute approximate surface area is 124 Å². The molecule has 0 saturated heterocycles. The van der Waals surface area contributed by atoms with E-state index in [4.69, 9.17) is 4.42 Å². The van der Waals surface area contributed by atoms with E-state index >= 15 is 0 Å². The third-order valence-electron chi connectivity index (χ3n) is 4.34. The van der Waals surface area contributed by atoms with Crippen molar-refractivity contribution in [1.82, 2.24) is 10.2 Å². The number of carboxylic acid groups (broad SMARTS) is 1. The normalized spacial score (nSPS) is 24.8. The highest BCUT2D eigenvalue weighted by Crippen LogP contribution is 2.38.